The van der Waals surface area contributed by atoms with Crippen molar-refractivity contribution in [3.8, 4) is 35.4 Å². The minimum Gasteiger partial charge on any atom is -0.508 e. The Morgan fingerprint density at radius 1 is 0.985 bits per heavy atom. The smallest absolute Gasteiger partial charge is 0.329 e. The number of nitrogens with one attached hydrogen (secondary N) is 1. The number of aromatic hydroxyl groups is 1. The van der Waals surface area contributed by atoms with E-state index < -0.39 is 29.2 Å². The van der Waals surface area contributed by atoms with Crippen molar-refractivity contribution >= 4 is 50.3 Å². The first-order valence-electron chi connectivity index (χ1n) is 22.1. The molecule has 3 aromatic heterocycles. The van der Waals surface area contributed by atoms with Crippen LogP contribution in [0.1, 0.15) is 62.6 Å². The molecule has 3 N–H and O–H groups in total. The van der Waals surface area contributed by atoms with Crippen LogP contribution in [0.2, 0.25) is 0 Å². The highest BCUT2D eigenvalue weighted by Gasteiger charge is 2.45. The van der Waals surface area contributed by atoms with Crippen molar-refractivity contribution in [1.82, 2.24) is 39.2 Å². The van der Waals surface area contributed by atoms with E-state index in [-0.39, 0.29) is 75.9 Å². The van der Waals surface area contributed by atoms with Crippen molar-refractivity contribution < 1.29 is 33.3 Å². The number of rotatable bonds is 10. The summed E-state index contributed by atoms with van der Waals surface area (Å²) in [6, 6.07) is 10.6. The van der Waals surface area contributed by atoms with Gasteiger partial charge in [-0.2, -0.15) is 9.97 Å². The van der Waals surface area contributed by atoms with Crippen LogP contribution < -0.4 is 20.6 Å². The van der Waals surface area contributed by atoms with Gasteiger partial charge in [0.2, 0.25) is 11.8 Å². The molecule has 17 heteroatoms. The second-order valence-electron chi connectivity index (χ2n) is 18.5. The fraction of sp³-hybridized carbons (Fsp3) is 0.417. The predicted octanol–water partition coefficient (Wildman–Crippen LogP) is 4.77. The lowest BCUT2D eigenvalue weighted by molar-refractivity contribution is -0.135. The Hall–Kier alpha value is -6.48. The zero-order valence-electron chi connectivity index (χ0n) is 36.2. The number of halogens is 2. The molecule has 0 bridgehead atoms. The third-order valence-electron chi connectivity index (χ3n) is 13.6. The van der Waals surface area contributed by atoms with Crippen molar-refractivity contribution in [1.29, 1.82) is 0 Å². The number of piperazine rings is 1. The van der Waals surface area contributed by atoms with E-state index in [4.69, 9.17) is 16.1 Å². The summed E-state index contributed by atoms with van der Waals surface area (Å²) in [5, 5.41) is 25.0. The van der Waals surface area contributed by atoms with Crippen LogP contribution >= 0.6 is 0 Å². The number of imidazole rings is 1. The Balaban J connectivity index is 0.857. The van der Waals surface area contributed by atoms with Crippen LogP contribution in [0.3, 0.4) is 0 Å². The Kier molecular flexibility index (Phi) is 10.6. The average Bonchev–Trinajstić information content (AvgIpc) is 4.00. The molecule has 0 spiro atoms. The summed E-state index contributed by atoms with van der Waals surface area (Å²) in [7, 11) is 1.70. The molecule has 10 rings (SSSR count). The number of phenols is 1. The number of nitrogens with zero attached hydrogens (tertiary/aromatic N) is 8. The molecular formula is C48H49F2N9O6. The summed E-state index contributed by atoms with van der Waals surface area (Å²) >= 11 is 0. The number of hydrogen-bond acceptors (Lipinski definition) is 12. The van der Waals surface area contributed by atoms with Gasteiger partial charge in [-0.05, 0) is 80.3 Å². The van der Waals surface area contributed by atoms with Gasteiger partial charge in [0.25, 0.3) is 0 Å². The highest BCUT2D eigenvalue weighted by atomic mass is 19.1. The highest BCUT2D eigenvalue weighted by Crippen LogP contribution is 2.47. The van der Waals surface area contributed by atoms with Crippen LogP contribution in [0.25, 0.3) is 44.0 Å². The first-order valence-corrected chi connectivity index (χ1v) is 22.1. The standard InChI is InChI=1S/C48H49F2N9O6/c1-4-31-34(49)8-7-29-21-30(60)22-32(39(29)31)41-40(50)42-33(23-51-41)43(58-15-5-12-47(2,64)25-58)54-45(53-42)65-27-48(13-14-48)26-57-18-16-56(17-19-57)24-28-6-9-35-37(20-28)55(3)46(63)59(35)36-10-11-38(61)52-44(36)62/h1,6-9,20-23,36,60,64H,5,10-19,24-27H2,2-3H3,(H,52,61,62)/t36?,47-/m1/s1. The molecule has 15 nitrogen and oxygen atoms in total. The van der Waals surface area contributed by atoms with Gasteiger partial charge in [0, 0.05) is 88.4 Å². The SMILES string of the molecule is C#Cc1c(F)ccc2cc(O)cc(-c3ncc4c(N5CCC[C@@](C)(O)C5)nc(OCC5(CN6CCN(Cc7ccc8c(c7)n(C)c(=O)n8C7CCC(=O)NC7=O)CC6)CC5)nc4c3F)c12. The van der Waals surface area contributed by atoms with E-state index in [0.717, 1.165) is 56.6 Å². The van der Waals surface area contributed by atoms with E-state index in [1.54, 1.807) is 18.5 Å². The van der Waals surface area contributed by atoms with Gasteiger partial charge < -0.3 is 24.7 Å². The molecule has 0 radical (unpaired) electrons. The molecule has 2 atom stereocenters. The Morgan fingerprint density at radius 2 is 1.77 bits per heavy atom. The Labute approximate surface area is 372 Å². The van der Waals surface area contributed by atoms with Gasteiger partial charge in [-0.3, -0.25) is 33.9 Å². The van der Waals surface area contributed by atoms with Crippen LogP contribution in [0, 0.1) is 29.4 Å². The molecule has 1 aliphatic carbocycles. The maximum Gasteiger partial charge on any atom is 0.329 e. The summed E-state index contributed by atoms with van der Waals surface area (Å²) in [6.07, 6.45) is 10.8. The van der Waals surface area contributed by atoms with Gasteiger partial charge in [-0.25, -0.2) is 13.6 Å². The minimum absolute atomic E-state index is 0.0112. The summed E-state index contributed by atoms with van der Waals surface area (Å²) in [5.74, 6) is 0.331. The number of aliphatic hydroxyl groups is 1. The van der Waals surface area contributed by atoms with E-state index in [2.05, 4.69) is 31.0 Å². The molecule has 4 fully saturated rings. The molecule has 6 heterocycles. The summed E-state index contributed by atoms with van der Waals surface area (Å²) in [6.45, 7) is 7.75. The number of amides is 2. The molecule has 1 saturated carbocycles. The van der Waals surface area contributed by atoms with Crippen LogP contribution in [-0.4, -0.2) is 114 Å². The van der Waals surface area contributed by atoms with Crippen molar-refractivity contribution in [2.75, 3.05) is 57.3 Å². The maximum atomic E-state index is 17.0. The summed E-state index contributed by atoms with van der Waals surface area (Å²) in [4.78, 5) is 58.3. The lowest BCUT2D eigenvalue weighted by Crippen LogP contribution is -2.48. The first-order chi connectivity index (χ1) is 31.2. The zero-order valence-corrected chi connectivity index (χ0v) is 36.2. The molecule has 4 aliphatic rings. The molecule has 2 amide bonds. The molecule has 336 valence electrons. The van der Waals surface area contributed by atoms with Gasteiger partial charge in [-0.15, -0.1) is 6.42 Å². The van der Waals surface area contributed by atoms with Crippen molar-refractivity contribution in [2.45, 2.75) is 63.6 Å². The van der Waals surface area contributed by atoms with Gasteiger partial charge in [0.1, 0.15) is 34.6 Å². The van der Waals surface area contributed by atoms with Crippen LogP contribution in [0.15, 0.2) is 53.5 Å². The number of carbonyl (C=O) groups is 2. The minimum atomic E-state index is -1.000. The van der Waals surface area contributed by atoms with Crippen LogP contribution in [-0.2, 0) is 23.2 Å². The molecule has 3 aliphatic heterocycles. The number of pyridine rings is 1. The number of imide groups is 1. The van der Waals surface area contributed by atoms with E-state index in [1.165, 1.54) is 35.0 Å². The van der Waals surface area contributed by atoms with Crippen molar-refractivity contribution in [3.05, 3.63) is 81.9 Å². The number of terminal acetylenes is 1. The largest absolute Gasteiger partial charge is 0.508 e. The molecule has 3 aromatic carbocycles. The van der Waals surface area contributed by atoms with Gasteiger partial charge >= 0.3 is 11.7 Å². The summed E-state index contributed by atoms with van der Waals surface area (Å²) in [5.41, 5.74) is 0.812. The number of ether oxygens (including phenoxy) is 1. The van der Waals surface area contributed by atoms with Gasteiger partial charge in [0.15, 0.2) is 5.82 Å². The normalized spacial score (nSPS) is 21.5. The predicted molar refractivity (Wildman–Crippen MR) is 239 cm³/mol. The number of hydrogen-bond donors (Lipinski definition) is 3. The van der Waals surface area contributed by atoms with Crippen LogP contribution in [0.4, 0.5) is 14.6 Å². The third kappa shape index (κ3) is 7.93. The van der Waals surface area contributed by atoms with Crippen molar-refractivity contribution in [3.63, 3.8) is 0 Å². The second kappa shape index (κ2) is 16.2. The number of benzene rings is 3. The van der Waals surface area contributed by atoms with Gasteiger partial charge in [-0.1, -0.05) is 18.1 Å². The number of β-amino-alcohol motifs (C(OH)–C–C–N with tert-alkyl or cyclic N) is 1. The number of piperidine rings is 2. The molecule has 3 saturated heterocycles. The number of carbonyl (C=O) groups excluding carboxylic acids is 2. The zero-order chi connectivity index (χ0) is 45.4. The lowest BCUT2D eigenvalue weighted by Gasteiger charge is -2.38. The Bertz CT molecular complexity index is 3040. The number of anilines is 1. The summed E-state index contributed by atoms with van der Waals surface area (Å²) < 4.78 is 41.5. The van der Waals surface area contributed by atoms with E-state index >= 15 is 4.39 Å². The Morgan fingerprint density at radius 3 is 2.51 bits per heavy atom. The first kappa shape index (κ1) is 42.5. The quantitative estimate of drug-likeness (QED) is 0.128. The van der Waals surface area contributed by atoms with E-state index in [1.807, 2.05) is 23.1 Å². The molecule has 6 aromatic rings. The second-order valence-corrected chi connectivity index (χ2v) is 18.5. The highest BCUT2D eigenvalue weighted by molar-refractivity contribution is 6.03. The monoisotopic (exact) mass is 885 g/mol. The third-order valence-corrected chi connectivity index (χ3v) is 13.6. The molecular weight excluding hydrogens is 837 g/mol. The van der Waals surface area contributed by atoms with Gasteiger partial charge in [0.05, 0.1) is 34.2 Å². The van der Waals surface area contributed by atoms with Crippen molar-refractivity contribution in [2.24, 2.45) is 12.5 Å². The van der Waals surface area contributed by atoms with E-state index in [9.17, 15) is 29.0 Å². The number of aromatic nitrogens is 5. The van der Waals surface area contributed by atoms with E-state index in [0.29, 0.717) is 54.6 Å². The maximum absolute atomic E-state index is 17.0. The number of fused-ring (bicyclic) bond motifs is 3. The fourth-order valence-corrected chi connectivity index (χ4v) is 9.99. The molecule has 65 heavy (non-hydrogen) atoms. The fourth-order valence-electron chi connectivity index (χ4n) is 9.99. The molecule has 1 unspecified atom stereocenters. The number of phenolic OH excluding ortho intramolecular Hbond substituents is 1. The topological polar surface area (TPSA) is 171 Å². The lowest BCUT2D eigenvalue weighted by atomic mass is 9.94. The average molecular weight is 886 g/mol. The van der Waals surface area contributed by atoms with Crippen LogP contribution in [0.5, 0.6) is 11.8 Å². The number of aryl methyl sites for hydroxylation is 1.